The molecule has 1 aromatic carbocycles. The molecule has 0 radical (unpaired) electrons. The van der Waals surface area contributed by atoms with Crippen molar-refractivity contribution in [3.05, 3.63) is 57.9 Å². The summed E-state index contributed by atoms with van der Waals surface area (Å²) >= 11 is 0. The van der Waals surface area contributed by atoms with E-state index in [0.29, 0.717) is 11.4 Å². The Labute approximate surface area is 110 Å². The van der Waals surface area contributed by atoms with Gasteiger partial charge in [0, 0.05) is 17.5 Å². The highest BCUT2D eigenvalue weighted by Crippen LogP contribution is 2.27. The summed E-state index contributed by atoms with van der Waals surface area (Å²) in [6, 6.07) is 8.64. The molecule has 2 rings (SSSR count). The van der Waals surface area contributed by atoms with Crippen molar-refractivity contribution in [2.24, 2.45) is 0 Å². The minimum absolute atomic E-state index is 0.303. The maximum Gasteiger partial charge on any atom is 0.289 e. The molecule has 0 fully saturated rings. The Morgan fingerprint density at radius 1 is 1.05 bits per heavy atom. The summed E-state index contributed by atoms with van der Waals surface area (Å²) in [6.07, 6.45) is 0. The summed E-state index contributed by atoms with van der Waals surface area (Å²) in [5, 5.41) is 10.9. The minimum atomic E-state index is -3.96. The molecule has 0 saturated carbocycles. The Bertz CT molecular complexity index is 727. The number of aryl methyl sites for hydroxylation is 2. The van der Waals surface area contributed by atoms with Gasteiger partial charge in [0.15, 0.2) is 4.90 Å². The van der Waals surface area contributed by atoms with Crippen LogP contribution in [-0.2, 0) is 10.0 Å². The maximum absolute atomic E-state index is 12.5. The Kier molecular flexibility index (Phi) is 3.15. The minimum Gasteiger partial charge on any atom is -0.258 e. The lowest BCUT2D eigenvalue weighted by Gasteiger charge is -2.10. The topological polar surface area (TPSA) is 82.2 Å². The SMILES string of the molecule is Cc1ccc(C)n1S(=O)(=O)c1ccccc1[N+](=O)[O-]. The number of nitrogens with zero attached hydrogens (tertiary/aromatic N) is 2. The second-order valence-electron chi connectivity index (χ2n) is 4.11. The molecule has 0 aliphatic carbocycles. The largest absolute Gasteiger partial charge is 0.289 e. The van der Waals surface area contributed by atoms with Crippen molar-refractivity contribution < 1.29 is 13.3 Å². The fourth-order valence-corrected chi connectivity index (χ4v) is 3.69. The highest BCUT2D eigenvalue weighted by atomic mass is 32.2. The number of aromatic nitrogens is 1. The van der Waals surface area contributed by atoms with Gasteiger partial charge in [0.25, 0.3) is 15.7 Å². The lowest BCUT2D eigenvalue weighted by atomic mass is 10.3. The van der Waals surface area contributed by atoms with Gasteiger partial charge in [0.05, 0.1) is 4.92 Å². The first-order valence-corrected chi connectivity index (χ1v) is 6.93. The van der Waals surface area contributed by atoms with Crippen molar-refractivity contribution in [3.63, 3.8) is 0 Å². The van der Waals surface area contributed by atoms with Gasteiger partial charge in [0.2, 0.25) is 0 Å². The van der Waals surface area contributed by atoms with Crippen LogP contribution in [0.1, 0.15) is 11.4 Å². The molecule has 0 unspecified atom stereocenters. The van der Waals surface area contributed by atoms with Gasteiger partial charge in [-0.3, -0.25) is 10.1 Å². The number of nitro groups is 1. The summed E-state index contributed by atoms with van der Waals surface area (Å²) < 4.78 is 26.1. The van der Waals surface area contributed by atoms with Crippen LogP contribution in [0.4, 0.5) is 5.69 Å². The fourth-order valence-electron chi connectivity index (χ4n) is 1.96. The highest BCUT2D eigenvalue weighted by molar-refractivity contribution is 7.90. The molecule has 1 aromatic heterocycles. The van der Waals surface area contributed by atoms with Crippen LogP contribution in [0.15, 0.2) is 41.3 Å². The Hall–Kier alpha value is -2.15. The molecule has 0 bridgehead atoms. The molecule has 0 spiro atoms. The number of nitro benzene ring substituents is 1. The van der Waals surface area contributed by atoms with Crippen molar-refractivity contribution in [2.45, 2.75) is 18.7 Å². The molecule has 2 aromatic rings. The number of hydrogen-bond acceptors (Lipinski definition) is 4. The normalized spacial score (nSPS) is 11.5. The average molecular weight is 280 g/mol. The van der Waals surface area contributed by atoms with Crippen LogP contribution in [0, 0.1) is 24.0 Å². The molecular weight excluding hydrogens is 268 g/mol. The molecule has 19 heavy (non-hydrogen) atoms. The summed E-state index contributed by atoms with van der Waals surface area (Å²) in [4.78, 5) is 9.94. The average Bonchev–Trinajstić information content (AvgIpc) is 2.69. The first kappa shape index (κ1) is 13.3. The monoisotopic (exact) mass is 280 g/mol. The lowest BCUT2D eigenvalue weighted by Crippen LogP contribution is -2.17. The van der Waals surface area contributed by atoms with Crippen LogP contribution < -0.4 is 0 Å². The van der Waals surface area contributed by atoms with Crippen LogP contribution >= 0.6 is 0 Å². The number of hydrogen-bond donors (Lipinski definition) is 0. The second-order valence-corrected chi connectivity index (χ2v) is 5.87. The molecule has 0 amide bonds. The first-order chi connectivity index (χ1) is 8.85. The van der Waals surface area contributed by atoms with Crippen LogP contribution in [0.3, 0.4) is 0 Å². The van der Waals surface area contributed by atoms with Crippen molar-refractivity contribution in [1.29, 1.82) is 0 Å². The summed E-state index contributed by atoms with van der Waals surface area (Å²) in [5.41, 5.74) is 0.598. The molecule has 0 atom stereocenters. The van der Waals surface area contributed by atoms with E-state index in [9.17, 15) is 18.5 Å². The van der Waals surface area contributed by atoms with E-state index in [-0.39, 0.29) is 4.90 Å². The molecule has 7 heteroatoms. The molecule has 0 saturated heterocycles. The fraction of sp³-hybridized carbons (Fsp3) is 0.167. The van der Waals surface area contributed by atoms with E-state index in [0.717, 1.165) is 3.97 Å². The van der Waals surface area contributed by atoms with Crippen LogP contribution in [-0.4, -0.2) is 17.3 Å². The predicted molar refractivity (Wildman–Crippen MR) is 69.6 cm³/mol. The van der Waals surface area contributed by atoms with Gasteiger partial charge in [-0.05, 0) is 32.0 Å². The van der Waals surface area contributed by atoms with E-state index in [1.807, 2.05) is 0 Å². The quantitative estimate of drug-likeness (QED) is 0.637. The van der Waals surface area contributed by atoms with Gasteiger partial charge in [-0.15, -0.1) is 0 Å². The zero-order chi connectivity index (χ0) is 14.2. The van der Waals surface area contributed by atoms with Crippen molar-refractivity contribution in [1.82, 2.24) is 3.97 Å². The Balaban J connectivity index is 2.75. The number of rotatable bonds is 3. The van der Waals surface area contributed by atoms with Crippen molar-refractivity contribution >= 4 is 15.7 Å². The van der Waals surface area contributed by atoms with Gasteiger partial charge in [-0.1, -0.05) is 12.1 Å². The third-order valence-electron chi connectivity index (χ3n) is 2.79. The lowest BCUT2D eigenvalue weighted by molar-refractivity contribution is -0.387. The smallest absolute Gasteiger partial charge is 0.258 e. The zero-order valence-corrected chi connectivity index (χ0v) is 11.2. The van der Waals surface area contributed by atoms with Gasteiger partial charge in [-0.2, -0.15) is 0 Å². The van der Waals surface area contributed by atoms with Crippen LogP contribution in [0.2, 0.25) is 0 Å². The van der Waals surface area contributed by atoms with Gasteiger partial charge in [0.1, 0.15) is 0 Å². The van der Waals surface area contributed by atoms with E-state index in [4.69, 9.17) is 0 Å². The molecule has 0 aliphatic rings. The first-order valence-electron chi connectivity index (χ1n) is 5.49. The second kappa shape index (κ2) is 4.51. The third-order valence-corrected chi connectivity index (χ3v) is 4.74. The van der Waals surface area contributed by atoms with E-state index in [2.05, 4.69) is 0 Å². The standard InChI is InChI=1S/C12H12N2O4S/c1-9-7-8-10(2)13(9)19(17,18)12-6-4-3-5-11(12)14(15)16/h3-8H,1-2H3. The van der Waals surface area contributed by atoms with E-state index >= 15 is 0 Å². The van der Waals surface area contributed by atoms with E-state index < -0.39 is 20.6 Å². The Morgan fingerprint density at radius 3 is 2.11 bits per heavy atom. The van der Waals surface area contributed by atoms with Crippen LogP contribution in [0.5, 0.6) is 0 Å². The summed E-state index contributed by atoms with van der Waals surface area (Å²) in [6.45, 7) is 3.28. The molecule has 6 nitrogen and oxygen atoms in total. The maximum atomic E-state index is 12.5. The molecule has 0 N–H and O–H groups in total. The van der Waals surface area contributed by atoms with Gasteiger partial charge >= 0.3 is 0 Å². The summed E-state index contributed by atoms with van der Waals surface area (Å²) in [7, 11) is -3.96. The van der Waals surface area contributed by atoms with Gasteiger partial charge < -0.3 is 0 Å². The van der Waals surface area contributed by atoms with E-state index in [1.165, 1.54) is 24.3 Å². The molecule has 1 heterocycles. The molecule has 0 aliphatic heterocycles. The third kappa shape index (κ3) is 2.12. The van der Waals surface area contributed by atoms with Crippen LogP contribution in [0.25, 0.3) is 0 Å². The molecule has 100 valence electrons. The Morgan fingerprint density at radius 2 is 1.58 bits per heavy atom. The van der Waals surface area contributed by atoms with Gasteiger partial charge in [-0.25, -0.2) is 12.4 Å². The predicted octanol–water partition coefficient (Wildman–Crippen LogP) is 2.25. The zero-order valence-electron chi connectivity index (χ0n) is 10.4. The number of benzene rings is 1. The number of para-hydroxylation sites is 1. The highest BCUT2D eigenvalue weighted by Gasteiger charge is 2.28. The van der Waals surface area contributed by atoms with Crippen molar-refractivity contribution in [2.75, 3.05) is 0 Å². The van der Waals surface area contributed by atoms with Crippen molar-refractivity contribution in [3.8, 4) is 0 Å². The summed E-state index contributed by atoms with van der Waals surface area (Å²) in [5.74, 6) is 0. The molecular formula is C12H12N2O4S. The van der Waals surface area contributed by atoms with E-state index in [1.54, 1.807) is 26.0 Å².